The number of hydrogen-bond donors (Lipinski definition) is 0. The second-order valence-corrected chi connectivity index (χ2v) is 4.93. The fraction of sp³-hybridized carbons (Fsp3) is 0.125. The third kappa shape index (κ3) is 2.74. The first-order valence-electron chi connectivity index (χ1n) is 6.08. The highest BCUT2D eigenvalue weighted by Gasteiger charge is 2.05. The molecule has 0 bridgehead atoms. The Morgan fingerprint density at radius 2 is 1.84 bits per heavy atom. The molecule has 1 heterocycles. The van der Waals surface area contributed by atoms with Crippen molar-refractivity contribution in [2.75, 3.05) is 0 Å². The molecule has 0 saturated heterocycles. The molecule has 96 valence electrons. The van der Waals surface area contributed by atoms with Crippen LogP contribution in [0.1, 0.15) is 11.3 Å². The van der Waals surface area contributed by atoms with Crippen LogP contribution < -0.4 is 4.74 Å². The first-order valence-corrected chi connectivity index (χ1v) is 6.46. The van der Waals surface area contributed by atoms with E-state index in [0.29, 0.717) is 11.6 Å². The Balaban J connectivity index is 1.76. The van der Waals surface area contributed by atoms with Gasteiger partial charge in [-0.2, -0.15) is 0 Å². The van der Waals surface area contributed by atoms with E-state index in [1.807, 2.05) is 55.5 Å². The van der Waals surface area contributed by atoms with Crippen molar-refractivity contribution in [3.8, 4) is 5.75 Å². The van der Waals surface area contributed by atoms with Crippen LogP contribution in [-0.4, -0.2) is 0 Å². The van der Waals surface area contributed by atoms with Crippen LogP contribution in [0, 0.1) is 6.92 Å². The number of rotatable bonds is 3. The molecule has 3 aromatic rings. The molecule has 0 saturated carbocycles. The van der Waals surface area contributed by atoms with Crippen molar-refractivity contribution >= 4 is 22.6 Å². The third-order valence-corrected chi connectivity index (χ3v) is 3.17. The molecule has 0 N–H and O–H groups in total. The van der Waals surface area contributed by atoms with Gasteiger partial charge in [-0.3, -0.25) is 0 Å². The molecule has 0 aliphatic heterocycles. The number of ether oxygens (including phenoxy) is 1. The molecule has 0 aliphatic rings. The summed E-state index contributed by atoms with van der Waals surface area (Å²) in [4.78, 5) is 0. The minimum absolute atomic E-state index is 0.412. The van der Waals surface area contributed by atoms with Crippen LogP contribution in [0.2, 0.25) is 5.02 Å². The number of halogens is 1. The van der Waals surface area contributed by atoms with Crippen molar-refractivity contribution in [1.29, 1.82) is 0 Å². The molecule has 2 nitrogen and oxygen atoms in total. The van der Waals surface area contributed by atoms with Crippen molar-refractivity contribution in [3.05, 3.63) is 64.9 Å². The van der Waals surface area contributed by atoms with Gasteiger partial charge in [-0.05, 0) is 43.3 Å². The smallest absolute Gasteiger partial charge is 0.146 e. The molecule has 3 heteroatoms. The second-order valence-electron chi connectivity index (χ2n) is 4.50. The van der Waals surface area contributed by atoms with Gasteiger partial charge >= 0.3 is 0 Å². The molecular weight excluding hydrogens is 260 g/mol. The molecular formula is C16H13ClO2. The predicted molar refractivity (Wildman–Crippen MR) is 76.7 cm³/mol. The quantitative estimate of drug-likeness (QED) is 0.671. The summed E-state index contributed by atoms with van der Waals surface area (Å²) in [6.45, 7) is 2.46. The third-order valence-electron chi connectivity index (χ3n) is 2.93. The number of furan rings is 1. The average molecular weight is 273 g/mol. The summed E-state index contributed by atoms with van der Waals surface area (Å²) in [5.41, 5.74) is 2.04. The van der Waals surface area contributed by atoms with E-state index < -0.39 is 0 Å². The lowest BCUT2D eigenvalue weighted by atomic mass is 10.2. The number of aryl methyl sites for hydroxylation is 1. The minimum Gasteiger partial charge on any atom is -0.486 e. The standard InChI is InChI=1S/C16H13ClO2/c1-11-2-5-14(6-3-11)18-10-15-9-12-8-13(17)4-7-16(12)19-15/h2-9H,10H2,1H3. The number of benzene rings is 2. The van der Waals surface area contributed by atoms with Gasteiger partial charge in [0.2, 0.25) is 0 Å². The van der Waals surface area contributed by atoms with Crippen molar-refractivity contribution in [3.63, 3.8) is 0 Å². The van der Waals surface area contributed by atoms with Crippen LogP contribution in [-0.2, 0) is 6.61 Å². The van der Waals surface area contributed by atoms with E-state index in [9.17, 15) is 0 Å². The van der Waals surface area contributed by atoms with Gasteiger partial charge in [-0.25, -0.2) is 0 Å². The molecule has 0 unspecified atom stereocenters. The maximum absolute atomic E-state index is 5.94. The van der Waals surface area contributed by atoms with Gasteiger partial charge in [0.05, 0.1) is 0 Å². The van der Waals surface area contributed by atoms with Crippen molar-refractivity contribution in [1.82, 2.24) is 0 Å². The Bertz CT molecular complexity index is 698. The Labute approximate surface area is 116 Å². The van der Waals surface area contributed by atoms with Gasteiger partial charge in [0, 0.05) is 10.4 Å². The normalized spacial score (nSPS) is 10.8. The summed E-state index contributed by atoms with van der Waals surface area (Å²) >= 11 is 5.94. The van der Waals surface area contributed by atoms with Crippen LogP contribution in [0.25, 0.3) is 11.0 Å². The van der Waals surface area contributed by atoms with Gasteiger partial charge in [0.1, 0.15) is 23.7 Å². The van der Waals surface area contributed by atoms with Crippen LogP contribution in [0.3, 0.4) is 0 Å². The number of fused-ring (bicyclic) bond motifs is 1. The molecule has 0 aliphatic carbocycles. The highest BCUT2D eigenvalue weighted by atomic mass is 35.5. The fourth-order valence-electron chi connectivity index (χ4n) is 1.93. The largest absolute Gasteiger partial charge is 0.486 e. The Hall–Kier alpha value is -1.93. The molecule has 3 rings (SSSR count). The zero-order chi connectivity index (χ0) is 13.2. The van der Waals surface area contributed by atoms with E-state index in [1.165, 1.54) is 5.56 Å². The Morgan fingerprint density at radius 1 is 1.05 bits per heavy atom. The first kappa shape index (κ1) is 12.1. The van der Waals surface area contributed by atoms with Crippen molar-refractivity contribution in [2.45, 2.75) is 13.5 Å². The molecule has 0 radical (unpaired) electrons. The molecule has 0 spiro atoms. The van der Waals surface area contributed by atoms with Gasteiger partial charge in [0.15, 0.2) is 0 Å². The van der Waals surface area contributed by atoms with Crippen LogP contribution in [0.4, 0.5) is 0 Å². The fourth-order valence-corrected chi connectivity index (χ4v) is 2.11. The van der Waals surface area contributed by atoms with Crippen LogP contribution >= 0.6 is 11.6 Å². The monoisotopic (exact) mass is 272 g/mol. The average Bonchev–Trinajstić information content (AvgIpc) is 2.80. The summed E-state index contributed by atoms with van der Waals surface area (Å²) in [5, 5.41) is 1.70. The lowest BCUT2D eigenvalue weighted by Crippen LogP contribution is -1.93. The topological polar surface area (TPSA) is 22.4 Å². The summed E-state index contributed by atoms with van der Waals surface area (Å²) in [6.07, 6.45) is 0. The zero-order valence-corrected chi connectivity index (χ0v) is 11.3. The van der Waals surface area contributed by atoms with Crippen molar-refractivity contribution in [2.24, 2.45) is 0 Å². The molecule has 0 atom stereocenters. The second kappa shape index (κ2) is 4.98. The SMILES string of the molecule is Cc1ccc(OCc2cc3cc(Cl)ccc3o2)cc1. The van der Waals surface area contributed by atoms with Gasteiger partial charge < -0.3 is 9.15 Å². The lowest BCUT2D eigenvalue weighted by Gasteiger charge is -2.03. The van der Waals surface area contributed by atoms with E-state index in [1.54, 1.807) is 0 Å². The highest BCUT2D eigenvalue weighted by Crippen LogP contribution is 2.24. The Morgan fingerprint density at radius 3 is 2.63 bits per heavy atom. The minimum atomic E-state index is 0.412. The molecule has 2 aromatic carbocycles. The number of hydrogen-bond acceptors (Lipinski definition) is 2. The first-order chi connectivity index (χ1) is 9.20. The molecule has 0 fully saturated rings. The van der Waals surface area contributed by atoms with E-state index >= 15 is 0 Å². The summed E-state index contributed by atoms with van der Waals surface area (Å²) in [7, 11) is 0. The zero-order valence-electron chi connectivity index (χ0n) is 10.5. The van der Waals surface area contributed by atoms with Gasteiger partial charge in [-0.1, -0.05) is 29.3 Å². The molecule has 19 heavy (non-hydrogen) atoms. The van der Waals surface area contributed by atoms with E-state index in [0.717, 1.165) is 22.5 Å². The molecule has 1 aromatic heterocycles. The van der Waals surface area contributed by atoms with E-state index in [2.05, 4.69) is 0 Å². The summed E-state index contributed by atoms with van der Waals surface area (Å²) < 4.78 is 11.4. The van der Waals surface area contributed by atoms with E-state index in [4.69, 9.17) is 20.8 Å². The van der Waals surface area contributed by atoms with Crippen LogP contribution in [0.5, 0.6) is 5.75 Å². The lowest BCUT2D eigenvalue weighted by molar-refractivity contribution is 0.274. The maximum Gasteiger partial charge on any atom is 0.146 e. The summed E-state index contributed by atoms with van der Waals surface area (Å²) in [5.74, 6) is 1.63. The van der Waals surface area contributed by atoms with Crippen molar-refractivity contribution < 1.29 is 9.15 Å². The highest BCUT2D eigenvalue weighted by molar-refractivity contribution is 6.31. The van der Waals surface area contributed by atoms with E-state index in [-0.39, 0.29) is 0 Å². The Kier molecular flexibility index (Phi) is 3.18. The van der Waals surface area contributed by atoms with Gasteiger partial charge in [0.25, 0.3) is 0 Å². The molecule has 0 amide bonds. The maximum atomic E-state index is 5.94. The van der Waals surface area contributed by atoms with Gasteiger partial charge in [-0.15, -0.1) is 0 Å². The summed E-state index contributed by atoms with van der Waals surface area (Å²) in [6, 6.07) is 15.5. The van der Waals surface area contributed by atoms with Crippen LogP contribution in [0.15, 0.2) is 52.9 Å². The predicted octanol–water partition coefficient (Wildman–Crippen LogP) is 4.97.